The number of aliphatic hydroxyl groups is 1. The van der Waals surface area contributed by atoms with Gasteiger partial charge in [0.05, 0.1) is 6.10 Å². The third-order valence-corrected chi connectivity index (χ3v) is 9.93. The molecule has 5 aromatic carbocycles. The lowest BCUT2D eigenvalue weighted by Crippen LogP contribution is -2.43. The van der Waals surface area contributed by atoms with Gasteiger partial charge in [-0.25, -0.2) is 0 Å². The van der Waals surface area contributed by atoms with Gasteiger partial charge in [-0.2, -0.15) is 0 Å². The van der Waals surface area contributed by atoms with Crippen LogP contribution in [0.4, 0.5) is 0 Å². The fourth-order valence-electron chi connectivity index (χ4n) is 5.60. The molecule has 2 atom stereocenters. The van der Waals surface area contributed by atoms with Crippen molar-refractivity contribution in [2.24, 2.45) is 5.92 Å². The van der Waals surface area contributed by atoms with Gasteiger partial charge in [0.1, 0.15) is 0 Å². The first-order valence-electron chi connectivity index (χ1n) is 14.1. The van der Waals surface area contributed by atoms with Crippen LogP contribution in [0.2, 0.25) is 0 Å². The Morgan fingerprint density at radius 1 is 0.550 bits per heavy atom. The van der Waals surface area contributed by atoms with Crippen molar-refractivity contribution in [1.29, 1.82) is 0 Å². The molecule has 0 heterocycles. The molecule has 0 aliphatic carbocycles. The minimum Gasteiger partial charge on any atom is -0.387 e. The molecule has 0 spiro atoms. The third kappa shape index (κ3) is 6.77. The van der Waals surface area contributed by atoms with E-state index in [-0.39, 0.29) is 12.0 Å². The molecule has 0 radical (unpaired) electrons. The van der Waals surface area contributed by atoms with Gasteiger partial charge in [-0.15, -0.1) is 0 Å². The van der Waals surface area contributed by atoms with Gasteiger partial charge in [0.2, 0.25) is 0 Å². The highest BCUT2D eigenvalue weighted by Gasteiger charge is 2.33. The van der Waals surface area contributed by atoms with Gasteiger partial charge in [0.15, 0.2) is 0 Å². The fourth-order valence-corrected chi connectivity index (χ4v) is 8.09. The van der Waals surface area contributed by atoms with Gasteiger partial charge < -0.3 is 5.11 Å². The van der Waals surface area contributed by atoms with E-state index in [1.807, 2.05) is 0 Å². The van der Waals surface area contributed by atoms with Crippen LogP contribution in [0.3, 0.4) is 0 Å². The number of rotatable bonds is 11. The Morgan fingerprint density at radius 2 is 0.950 bits per heavy atom. The van der Waals surface area contributed by atoms with Crippen LogP contribution >= 0.6 is 7.92 Å². The Balaban J connectivity index is 1.58. The largest absolute Gasteiger partial charge is 0.387 e. The molecular weight excluding hydrogens is 505 g/mol. The summed E-state index contributed by atoms with van der Waals surface area (Å²) >= 11 is 0. The summed E-state index contributed by atoms with van der Waals surface area (Å²) in [7, 11) is -0.837. The zero-order valence-corrected chi connectivity index (χ0v) is 24.2. The molecule has 0 aromatic heterocycles. The van der Waals surface area contributed by atoms with Gasteiger partial charge in [-0.3, -0.25) is 4.90 Å². The molecular formula is C37H38NOP. The average molecular weight is 544 g/mol. The number of hydrogen-bond donors (Lipinski definition) is 1. The molecule has 0 fully saturated rings. The van der Waals surface area contributed by atoms with Crippen LogP contribution in [-0.2, 0) is 13.1 Å². The molecule has 0 amide bonds. The van der Waals surface area contributed by atoms with Crippen molar-refractivity contribution in [3.63, 3.8) is 0 Å². The van der Waals surface area contributed by atoms with Crippen LogP contribution in [0.1, 0.15) is 36.6 Å². The number of hydrogen-bond acceptors (Lipinski definition) is 2. The summed E-state index contributed by atoms with van der Waals surface area (Å²) in [4.78, 5) is 2.46. The summed E-state index contributed by atoms with van der Waals surface area (Å²) in [5, 5.41) is 16.2. The molecule has 5 aromatic rings. The van der Waals surface area contributed by atoms with Crippen molar-refractivity contribution in [3.8, 4) is 0 Å². The molecule has 0 saturated carbocycles. The van der Waals surface area contributed by atoms with Gasteiger partial charge in [-0.05, 0) is 46.4 Å². The van der Waals surface area contributed by atoms with E-state index in [0.29, 0.717) is 0 Å². The normalized spacial score (nSPS) is 13.1. The van der Waals surface area contributed by atoms with Crippen LogP contribution in [0.25, 0.3) is 0 Å². The topological polar surface area (TPSA) is 23.5 Å². The molecule has 1 N–H and O–H groups in total. The van der Waals surface area contributed by atoms with Crippen LogP contribution in [0.15, 0.2) is 146 Å². The lowest BCUT2D eigenvalue weighted by atomic mass is 9.91. The third-order valence-electron chi connectivity index (χ3n) is 7.41. The maximum atomic E-state index is 12.4. The molecule has 2 nitrogen and oxygen atoms in total. The Kier molecular flexibility index (Phi) is 9.58. The van der Waals surface area contributed by atoms with Gasteiger partial charge in [0, 0.05) is 19.1 Å². The van der Waals surface area contributed by atoms with Crippen molar-refractivity contribution in [1.82, 2.24) is 4.90 Å². The maximum absolute atomic E-state index is 12.4. The summed E-state index contributed by atoms with van der Waals surface area (Å²) in [5.74, 6) is 0.232. The SMILES string of the molecule is CC(C)[C@@H]([C@H](O)c1ccccc1P(c1ccccc1)c1ccccc1)N(Cc1ccccc1)Cc1ccccc1. The second-order valence-corrected chi connectivity index (χ2v) is 12.8. The minimum atomic E-state index is -0.837. The zero-order valence-electron chi connectivity index (χ0n) is 23.3. The van der Waals surface area contributed by atoms with E-state index in [1.165, 1.54) is 27.0 Å². The molecule has 40 heavy (non-hydrogen) atoms. The quantitative estimate of drug-likeness (QED) is 0.178. The molecule has 0 aliphatic heterocycles. The first kappa shape index (κ1) is 28.0. The standard InChI is InChI=1S/C37H38NOP/c1-29(2)36(38(27-30-17-7-3-8-18-30)28-31-19-9-4-10-20-31)37(39)34-25-15-16-26-35(34)40(32-21-11-5-12-22-32)33-23-13-6-14-24-33/h3-26,29,36-37,39H,27-28H2,1-2H3/t36-,37+/m0/s1. The van der Waals surface area contributed by atoms with E-state index in [2.05, 4.69) is 164 Å². The highest BCUT2D eigenvalue weighted by molar-refractivity contribution is 7.79. The van der Waals surface area contributed by atoms with Gasteiger partial charge in [0.25, 0.3) is 0 Å². The minimum absolute atomic E-state index is 0.0787. The molecule has 0 unspecified atom stereocenters. The van der Waals surface area contributed by atoms with E-state index in [9.17, 15) is 5.11 Å². The van der Waals surface area contributed by atoms with Crippen molar-refractivity contribution in [2.75, 3.05) is 0 Å². The first-order chi connectivity index (χ1) is 19.6. The van der Waals surface area contributed by atoms with Crippen LogP contribution in [-0.4, -0.2) is 16.0 Å². The zero-order chi connectivity index (χ0) is 27.7. The van der Waals surface area contributed by atoms with Crippen molar-refractivity contribution in [3.05, 3.63) is 162 Å². The van der Waals surface area contributed by atoms with E-state index in [1.54, 1.807) is 0 Å². The van der Waals surface area contributed by atoms with E-state index >= 15 is 0 Å². The van der Waals surface area contributed by atoms with Gasteiger partial charge in [-0.1, -0.05) is 159 Å². The van der Waals surface area contributed by atoms with E-state index in [0.717, 1.165) is 18.7 Å². The number of nitrogens with zero attached hydrogens (tertiary/aromatic N) is 1. The summed E-state index contributed by atoms with van der Waals surface area (Å²) in [6, 6.07) is 51.2. The molecule has 0 aliphatic rings. The lowest BCUT2D eigenvalue weighted by Gasteiger charge is -2.39. The number of benzene rings is 5. The molecule has 3 heteroatoms. The highest BCUT2D eigenvalue weighted by atomic mass is 31.1. The van der Waals surface area contributed by atoms with Gasteiger partial charge >= 0.3 is 0 Å². The summed E-state index contributed by atoms with van der Waals surface area (Å²) < 4.78 is 0. The van der Waals surface area contributed by atoms with Crippen molar-refractivity contribution < 1.29 is 5.11 Å². The predicted molar refractivity (Wildman–Crippen MR) is 171 cm³/mol. The van der Waals surface area contributed by atoms with Crippen LogP contribution in [0.5, 0.6) is 0 Å². The molecule has 0 saturated heterocycles. The smallest absolute Gasteiger partial charge is 0.0954 e. The second kappa shape index (κ2) is 13.7. The van der Waals surface area contributed by atoms with Crippen molar-refractivity contribution in [2.45, 2.75) is 39.1 Å². The second-order valence-electron chi connectivity index (χ2n) is 10.6. The fraction of sp³-hybridized carbons (Fsp3) is 0.189. The summed E-state index contributed by atoms with van der Waals surface area (Å²) in [5.41, 5.74) is 3.52. The van der Waals surface area contributed by atoms with Crippen molar-refractivity contribution >= 4 is 23.8 Å². The van der Waals surface area contributed by atoms with E-state index < -0.39 is 14.0 Å². The lowest BCUT2D eigenvalue weighted by molar-refractivity contribution is 0.0134. The van der Waals surface area contributed by atoms with E-state index in [4.69, 9.17) is 0 Å². The monoisotopic (exact) mass is 543 g/mol. The Morgan fingerprint density at radius 3 is 1.40 bits per heavy atom. The first-order valence-corrected chi connectivity index (χ1v) is 15.4. The molecule has 5 rings (SSSR count). The average Bonchev–Trinajstić information content (AvgIpc) is 2.99. The molecule has 0 bridgehead atoms. The molecule has 202 valence electrons. The number of aliphatic hydroxyl groups excluding tert-OH is 1. The Hall–Kier alpha value is -3.55. The van der Waals surface area contributed by atoms with Crippen LogP contribution < -0.4 is 15.9 Å². The highest BCUT2D eigenvalue weighted by Crippen LogP contribution is 2.38. The Labute approximate surface area is 240 Å². The predicted octanol–water partition coefficient (Wildman–Crippen LogP) is 7.21. The maximum Gasteiger partial charge on any atom is 0.0954 e. The summed E-state index contributed by atoms with van der Waals surface area (Å²) in [6.07, 6.45) is -0.652. The van der Waals surface area contributed by atoms with Crippen LogP contribution in [0, 0.1) is 5.92 Å². The Bertz CT molecular complexity index is 1360. The summed E-state index contributed by atoms with van der Waals surface area (Å²) in [6.45, 7) is 6.00.